The van der Waals surface area contributed by atoms with E-state index in [0.29, 0.717) is 0 Å². The molecule has 0 bridgehead atoms. The van der Waals surface area contributed by atoms with Gasteiger partial charge in [0.25, 0.3) is 0 Å². The van der Waals surface area contributed by atoms with E-state index in [0.717, 1.165) is 0 Å². The minimum absolute atomic E-state index is 0.363. The predicted molar refractivity (Wildman–Crippen MR) is 15.9 cm³/mol. The Morgan fingerprint density at radius 3 is 1.40 bits per heavy atom. The molecule has 0 fully saturated rings. The van der Waals surface area contributed by atoms with Crippen LogP contribution in [0.3, 0.4) is 0 Å². The third kappa shape index (κ3) is 30.9. The first kappa shape index (κ1) is 9.67. The van der Waals surface area contributed by atoms with Crippen LogP contribution in [0.1, 0.15) is 0 Å². The SMILES string of the molecule is [O]=[Cu].[S]=[Mo]=[S]. The Labute approximate surface area is 54.0 Å². The first-order valence-electron chi connectivity index (χ1n) is 0.456. The number of hydrogen-bond acceptors (Lipinski definition) is 3. The standard InChI is InChI=1S/Cu.Mo.O.2S. The van der Waals surface area contributed by atoms with Gasteiger partial charge in [0, 0.05) is 0 Å². The molecule has 0 heterocycles. The zero-order valence-electron chi connectivity index (χ0n) is 1.93. The molecule has 0 saturated carbocycles. The minimum atomic E-state index is -0.363. The molecule has 0 atom stereocenters. The second-order valence-electron chi connectivity index (χ2n) is 0.0680. The van der Waals surface area contributed by atoms with Crippen molar-refractivity contribution >= 4 is 19.6 Å². The van der Waals surface area contributed by atoms with Gasteiger partial charge in [-0.05, 0) is 0 Å². The van der Waals surface area contributed by atoms with E-state index in [2.05, 4.69) is 35.6 Å². The van der Waals surface area contributed by atoms with Gasteiger partial charge in [0.15, 0.2) is 0 Å². The second kappa shape index (κ2) is 18.0. The summed E-state index contributed by atoms with van der Waals surface area (Å²) in [6, 6.07) is 0. The summed E-state index contributed by atoms with van der Waals surface area (Å²) in [5, 5.41) is 0. The maximum absolute atomic E-state index is 7.81. The summed E-state index contributed by atoms with van der Waals surface area (Å²) in [7, 11) is 8.68. The van der Waals surface area contributed by atoms with Gasteiger partial charge in [0.05, 0.1) is 0 Å². The molecular formula is CuMoOS2. The Bertz CT molecular complexity index is 38.9. The molecule has 35 valence electrons. The molecule has 0 aromatic heterocycles. The molecule has 5 heavy (non-hydrogen) atoms. The summed E-state index contributed by atoms with van der Waals surface area (Å²) in [6.45, 7) is 0. The van der Waals surface area contributed by atoms with Gasteiger partial charge < -0.3 is 0 Å². The molecule has 0 unspecified atom stereocenters. The van der Waals surface area contributed by atoms with E-state index in [1.807, 2.05) is 0 Å². The third-order valence-electron chi connectivity index (χ3n) is 0. The average molecular weight is 240 g/mol. The summed E-state index contributed by atoms with van der Waals surface area (Å²) >= 11 is 2.57. The normalized spacial score (nSPS) is 3.60. The van der Waals surface area contributed by atoms with E-state index in [-0.39, 0.29) is 14.9 Å². The van der Waals surface area contributed by atoms with E-state index < -0.39 is 0 Å². The van der Waals surface area contributed by atoms with Crippen molar-refractivity contribution in [1.82, 2.24) is 0 Å². The Kier molecular flexibility index (Phi) is 34.8. The van der Waals surface area contributed by atoms with Crippen LogP contribution in [0.2, 0.25) is 0 Å². The summed E-state index contributed by atoms with van der Waals surface area (Å²) in [4.78, 5) is 0. The molecule has 0 aliphatic carbocycles. The van der Waals surface area contributed by atoms with Crippen molar-refractivity contribution in [3.05, 3.63) is 0 Å². The zero-order valence-corrected chi connectivity index (χ0v) is 6.52. The van der Waals surface area contributed by atoms with E-state index in [1.165, 1.54) is 0 Å². The molecule has 0 N–H and O–H groups in total. The fourth-order valence-electron chi connectivity index (χ4n) is 0. The van der Waals surface area contributed by atoms with Crippen molar-refractivity contribution in [2.24, 2.45) is 0 Å². The number of rotatable bonds is 0. The van der Waals surface area contributed by atoms with E-state index in [1.54, 1.807) is 0 Å². The molecule has 0 radical (unpaired) electrons. The quantitative estimate of drug-likeness (QED) is 0.591. The van der Waals surface area contributed by atoms with Crippen LogP contribution in [0.5, 0.6) is 0 Å². The van der Waals surface area contributed by atoms with Crippen LogP contribution in [0.4, 0.5) is 0 Å². The van der Waals surface area contributed by atoms with Gasteiger partial charge in [-0.2, -0.15) is 0 Å². The van der Waals surface area contributed by atoms with Gasteiger partial charge in [-0.15, -0.1) is 0 Å². The fraction of sp³-hybridized carbons (Fsp3) is 0. The molecule has 0 saturated heterocycles. The van der Waals surface area contributed by atoms with Crippen molar-refractivity contribution < 1.29 is 34.7 Å². The van der Waals surface area contributed by atoms with E-state index in [9.17, 15) is 0 Å². The van der Waals surface area contributed by atoms with Crippen molar-refractivity contribution in [2.75, 3.05) is 0 Å². The monoisotopic (exact) mass is 241 g/mol. The first-order chi connectivity index (χ1) is 2.41. The van der Waals surface area contributed by atoms with E-state index in [4.69, 9.17) is 3.83 Å². The van der Waals surface area contributed by atoms with Crippen LogP contribution in [0.15, 0.2) is 0 Å². The second-order valence-corrected chi connectivity index (χ2v) is 3.62. The van der Waals surface area contributed by atoms with Crippen molar-refractivity contribution in [1.29, 1.82) is 0 Å². The van der Waals surface area contributed by atoms with Crippen LogP contribution in [0, 0.1) is 0 Å². The van der Waals surface area contributed by atoms with Crippen LogP contribution >= 0.6 is 19.6 Å². The van der Waals surface area contributed by atoms with Gasteiger partial charge in [-0.1, -0.05) is 0 Å². The molecular weight excluding hydrogens is 240 g/mol. The topological polar surface area (TPSA) is 17.1 Å². The Morgan fingerprint density at radius 2 is 1.40 bits per heavy atom. The predicted octanol–water partition coefficient (Wildman–Crippen LogP) is 1.17. The molecule has 0 spiro atoms. The van der Waals surface area contributed by atoms with Crippen LogP contribution in [-0.2, 0) is 34.7 Å². The molecule has 0 aromatic carbocycles. The van der Waals surface area contributed by atoms with Crippen molar-refractivity contribution in [2.45, 2.75) is 0 Å². The zero-order chi connectivity index (χ0) is 4.71. The fourth-order valence-corrected chi connectivity index (χ4v) is 0. The first-order valence-corrected chi connectivity index (χ1v) is 6.42. The average Bonchev–Trinajstić information content (AvgIpc) is 1.46. The molecule has 1 nitrogen and oxygen atoms in total. The van der Waals surface area contributed by atoms with E-state index >= 15 is 0 Å². The van der Waals surface area contributed by atoms with Gasteiger partial charge in [-0.25, -0.2) is 0 Å². The van der Waals surface area contributed by atoms with Gasteiger partial charge in [-0.3, -0.25) is 0 Å². The van der Waals surface area contributed by atoms with Crippen LogP contribution in [-0.4, -0.2) is 0 Å². The summed E-state index contributed by atoms with van der Waals surface area (Å²) in [5.74, 6) is 0. The number of hydrogen-bond donors (Lipinski definition) is 0. The molecule has 0 aliphatic heterocycles. The van der Waals surface area contributed by atoms with Crippen molar-refractivity contribution in [3.8, 4) is 0 Å². The van der Waals surface area contributed by atoms with Crippen LogP contribution in [0.25, 0.3) is 0 Å². The van der Waals surface area contributed by atoms with Crippen molar-refractivity contribution in [3.63, 3.8) is 0 Å². The van der Waals surface area contributed by atoms with Gasteiger partial charge in [0.1, 0.15) is 0 Å². The third-order valence-corrected chi connectivity index (χ3v) is 0. The molecule has 5 heteroatoms. The Hall–Kier alpha value is 1.45. The summed E-state index contributed by atoms with van der Waals surface area (Å²) < 4.78 is 7.81. The molecule has 0 aromatic rings. The Balaban J connectivity index is 0. The van der Waals surface area contributed by atoms with Gasteiger partial charge >= 0.3 is 54.3 Å². The molecule has 0 aliphatic rings. The molecule has 0 rings (SSSR count). The summed E-state index contributed by atoms with van der Waals surface area (Å²) in [6.07, 6.45) is 0. The van der Waals surface area contributed by atoms with Crippen LogP contribution < -0.4 is 0 Å². The molecule has 0 amide bonds. The maximum atomic E-state index is 7.81. The Morgan fingerprint density at radius 1 is 1.40 bits per heavy atom. The van der Waals surface area contributed by atoms with Gasteiger partial charge in [0.2, 0.25) is 0 Å². The summed E-state index contributed by atoms with van der Waals surface area (Å²) in [5.41, 5.74) is 0.